The number of anilines is 1. The summed E-state index contributed by atoms with van der Waals surface area (Å²) >= 11 is 0. The highest BCUT2D eigenvalue weighted by atomic mass is 16.2. The van der Waals surface area contributed by atoms with Crippen molar-refractivity contribution in [2.24, 2.45) is 7.05 Å². The Labute approximate surface area is 175 Å². The lowest BCUT2D eigenvalue weighted by Crippen LogP contribution is -2.39. The molecule has 3 aromatic rings. The second-order valence-electron chi connectivity index (χ2n) is 8.03. The molecule has 0 unspecified atom stereocenters. The molecule has 0 atom stereocenters. The zero-order chi connectivity index (χ0) is 20.5. The number of aryl methyl sites for hydroxylation is 1. The third-order valence-corrected chi connectivity index (χ3v) is 5.88. The van der Waals surface area contributed by atoms with Crippen LogP contribution in [0.5, 0.6) is 0 Å². The van der Waals surface area contributed by atoms with E-state index in [0.717, 1.165) is 29.8 Å². The molecule has 8 nitrogen and oxygen atoms in total. The van der Waals surface area contributed by atoms with Gasteiger partial charge in [-0.1, -0.05) is 6.07 Å². The highest BCUT2D eigenvalue weighted by Gasteiger charge is 2.29. The molecule has 1 aliphatic heterocycles. The highest BCUT2D eigenvalue weighted by Crippen LogP contribution is 2.34. The van der Waals surface area contributed by atoms with Gasteiger partial charge in [-0.25, -0.2) is 9.97 Å². The van der Waals surface area contributed by atoms with Crippen molar-refractivity contribution >= 4 is 11.9 Å². The van der Waals surface area contributed by atoms with E-state index in [9.17, 15) is 4.79 Å². The van der Waals surface area contributed by atoms with Gasteiger partial charge in [-0.05, 0) is 43.9 Å². The summed E-state index contributed by atoms with van der Waals surface area (Å²) < 4.78 is 1.63. The summed E-state index contributed by atoms with van der Waals surface area (Å²) in [7, 11) is 1.80. The molecule has 3 aromatic heterocycles. The summed E-state index contributed by atoms with van der Waals surface area (Å²) in [5, 5.41) is 7.53. The first kappa shape index (κ1) is 18.7. The van der Waals surface area contributed by atoms with Gasteiger partial charge in [0.05, 0.1) is 11.4 Å². The highest BCUT2D eigenvalue weighted by molar-refractivity contribution is 5.92. The van der Waals surface area contributed by atoms with Crippen LogP contribution < -0.4 is 5.32 Å². The van der Waals surface area contributed by atoms with E-state index in [2.05, 4.69) is 20.4 Å². The molecular formula is C22H25N7O. The van der Waals surface area contributed by atoms with Crippen LogP contribution >= 0.6 is 0 Å². The van der Waals surface area contributed by atoms with Crippen LogP contribution in [0.15, 0.2) is 42.9 Å². The largest absolute Gasteiger partial charge is 0.351 e. The Bertz CT molecular complexity index is 1040. The van der Waals surface area contributed by atoms with Gasteiger partial charge in [0, 0.05) is 56.3 Å². The number of amides is 1. The molecule has 2 fully saturated rings. The van der Waals surface area contributed by atoms with Crippen molar-refractivity contribution in [1.82, 2.24) is 29.6 Å². The quantitative estimate of drug-likeness (QED) is 0.705. The van der Waals surface area contributed by atoms with Gasteiger partial charge in [-0.3, -0.25) is 14.5 Å². The van der Waals surface area contributed by atoms with Gasteiger partial charge >= 0.3 is 0 Å². The minimum Gasteiger partial charge on any atom is -0.351 e. The van der Waals surface area contributed by atoms with Crippen molar-refractivity contribution in [3.63, 3.8) is 0 Å². The number of aromatic nitrogens is 5. The van der Waals surface area contributed by atoms with E-state index in [4.69, 9.17) is 4.98 Å². The van der Waals surface area contributed by atoms with E-state index in [1.54, 1.807) is 30.2 Å². The molecule has 0 bridgehead atoms. The first-order valence-corrected chi connectivity index (χ1v) is 10.5. The van der Waals surface area contributed by atoms with Crippen LogP contribution in [0.4, 0.5) is 5.95 Å². The van der Waals surface area contributed by atoms with Crippen LogP contribution in [0.3, 0.4) is 0 Å². The predicted molar refractivity (Wildman–Crippen MR) is 113 cm³/mol. The summed E-state index contributed by atoms with van der Waals surface area (Å²) in [6, 6.07) is 8.16. The van der Waals surface area contributed by atoms with Crippen LogP contribution in [0.1, 0.15) is 47.8 Å². The number of nitrogens with one attached hydrogen (secondary N) is 1. The van der Waals surface area contributed by atoms with E-state index < -0.39 is 0 Å². The minimum atomic E-state index is 0.0391. The summed E-state index contributed by atoms with van der Waals surface area (Å²) in [5.41, 5.74) is 3.52. The number of nitrogens with zero attached hydrogens (tertiary/aromatic N) is 6. The number of hydrogen-bond donors (Lipinski definition) is 1. The van der Waals surface area contributed by atoms with Crippen LogP contribution in [-0.4, -0.2) is 54.7 Å². The number of likely N-dealkylation sites (tertiary alicyclic amines) is 1. The molecule has 1 saturated carbocycles. The molecule has 30 heavy (non-hydrogen) atoms. The molecule has 8 heteroatoms. The lowest BCUT2D eigenvalue weighted by molar-refractivity contribution is 0.0701. The van der Waals surface area contributed by atoms with E-state index in [1.165, 1.54) is 12.8 Å². The Morgan fingerprint density at radius 2 is 1.90 bits per heavy atom. The topological polar surface area (TPSA) is 88.8 Å². The number of rotatable bonds is 5. The fraction of sp³-hybridized carbons (Fsp3) is 0.409. The number of hydrogen-bond acceptors (Lipinski definition) is 6. The lowest BCUT2D eigenvalue weighted by Gasteiger charge is -2.32. The van der Waals surface area contributed by atoms with Crippen molar-refractivity contribution in [2.45, 2.75) is 37.6 Å². The zero-order valence-corrected chi connectivity index (χ0v) is 17.0. The van der Waals surface area contributed by atoms with E-state index in [1.807, 2.05) is 29.3 Å². The minimum absolute atomic E-state index is 0.0391. The lowest BCUT2D eigenvalue weighted by atomic mass is 9.90. The van der Waals surface area contributed by atoms with E-state index >= 15 is 0 Å². The maximum absolute atomic E-state index is 12.8. The number of piperidine rings is 1. The smallest absolute Gasteiger partial charge is 0.272 e. The van der Waals surface area contributed by atoms with Gasteiger partial charge < -0.3 is 10.2 Å². The fourth-order valence-corrected chi connectivity index (χ4v) is 4.01. The van der Waals surface area contributed by atoms with Crippen LogP contribution in [0.25, 0.3) is 11.3 Å². The van der Waals surface area contributed by atoms with Crippen LogP contribution in [0.2, 0.25) is 0 Å². The monoisotopic (exact) mass is 403 g/mol. The van der Waals surface area contributed by atoms with Gasteiger partial charge in [0.15, 0.2) is 0 Å². The van der Waals surface area contributed by atoms with Gasteiger partial charge in [-0.15, -0.1) is 0 Å². The average Bonchev–Trinajstić information content (AvgIpc) is 3.51. The first-order chi connectivity index (χ1) is 14.7. The van der Waals surface area contributed by atoms with Gasteiger partial charge in [0.1, 0.15) is 5.69 Å². The molecule has 0 radical (unpaired) electrons. The number of pyridine rings is 1. The molecule has 1 amide bonds. The predicted octanol–water partition coefficient (Wildman–Crippen LogP) is 2.87. The third kappa shape index (κ3) is 3.77. The second-order valence-corrected chi connectivity index (χ2v) is 8.03. The van der Waals surface area contributed by atoms with E-state index in [0.29, 0.717) is 30.8 Å². The number of carbonyl (C=O) groups is 1. The van der Waals surface area contributed by atoms with Crippen molar-refractivity contribution in [2.75, 3.05) is 18.4 Å². The number of carbonyl (C=O) groups excluding carboxylic acids is 1. The van der Waals surface area contributed by atoms with Gasteiger partial charge in [0.2, 0.25) is 5.95 Å². The first-order valence-electron chi connectivity index (χ1n) is 10.5. The Morgan fingerprint density at radius 1 is 1.07 bits per heavy atom. The molecule has 1 N–H and O–H groups in total. The van der Waals surface area contributed by atoms with Crippen LogP contribution in [-0.2, 0) is 7.05 Å². The standard InChI is InChI=1S/C22H25N7O/c1-28-19(7-11-25-28)21(30)29-12-8-15(9-13-29)20-17(18-4-2-3-10-23-18)14-24-22(27-20)26-16-5-6-16/h2-4,7,10-11,14-16H,5-6,8-9,12-13H2,1H3,(H,24,26,27). The molecule has 0 aromatic carbocycles. The molecule has 1 saturated heterocycles. The fourth-order valence-electron chi connectivity index (χ4n) is 4.01. The molecule has 0 spiro atoms. The van der Waals surface area contributed by atoms with Crippen molar-refractivity contribution in [3.05, 3.63) is 54.2 Å². The molecule has 5 rings (SSSR count). The van der Waals surface area contributed by atoms with Gasteiger partial charge in [-0.2, -0.15) is 5.10 Å². The molecule has 2 aliphatic rings. The Morgan fingerprint density at radius 3 is 2.57 bits per heavy atom. The van der Waals surface area contributed by atoms with Crippen molar-refractivity contribution in [3.8, 4) is 11.3 Å². The van der Waals surface area contributed by atoms with E-state index in [-0.39, 0.29) is 11.8 Å². The summed E-state index contributed by atoms with van der Waals surface area (Å²) in [5.74, 6) is 0.998. The average molecular weight is 403 g/mol. The Balaban J connectivity index is 1.38. The zero-order valence-electron chi connectivity index (χ0n) is 17.0. The Kier molecular flexibility index (Phi) is 4.90. The van der Waals surface area contributed by atoms with Crippen molar-refractivity contribution < 1.29 is 4.79 Å². The normalized spacial score (nSPS) is 17.2. The SMILES string of the molecule is Cn1nccc1C(=O)N1CCC(c2nc(NC3CC3)ncc2-c2ccccn2)CC1. The van der Waals surface area contributed by atoms with Crippen molar-refractivity contribution in [1.29, 1.82) is 0 Å². The van der Waals surface area contributed by atoms with Gasteiger partial charge in [0.25, 0.3) is 5.91 Å². The second kappa shape index (κ2) is 7.85. The molecular weight excluding hydrogens is 378 g/mol. The molecule has 1 aliphatic carbocycles. The summed E-state index contributed by atoms with van der Waals surface area (Å²) in [4.78, 5) is 28.7. The summed E-state index contributed by atoms with van der Waals surface area (Å²) in [6.45, 7) is 1.40. The third-order valence-electron chi connectivity index (χ3n) is 5.88. The Hall–Kier alpha value is -3.29. The maximum Gasteiger partial charge on any atom is 0.272 e. The maximum atomic E-state index is 12.8. The molecule has 4 heterocycles. The van der Waals surface area contributed by atoms with Crippen LogP contribution in [0, 0.1) is 0 Å². The molecule has 154 valence electrons. The summed E-state index contributed by atoms with van der Waals surface area (Å²) in [6.07, 6.45) is 9.43.